The second kappa shape index (κ2) is 10.2. The molecule has 4 N–H and O–H groups in total. The number of hydrogen-bond acceptors (Lipinski definition) is 6. The quantitative estimate of drug-likeness (QED) is 0.158. The fraction of sp³-hybridized carbons (Fsp3) is 0.529. The van der Waals surface area contributed by atoms with Gasteiger partial charge >= 0.3 is 0 Å². The van der Waals surface area contributed by atoms with Gasteiger partial charge in [-0.15, -0.1) is 0 Å². The Balaban J connectivity index is 1.80. The van der Waals surface area contributed by atoms with E-state index in [1.807, 2.05) is 51.3 Å². The topological polar surface area (TPSA) is 98.0 Å². The van der Waals surface area contributed by atoms with Gasteiger partial charge in [-0.05, 0) is 102 Å². The minimum atomic E-state index is -1.95. The van der Waals surface area contributed by atoms with Crippen molar-refractivity contribution in [1.29, 1.82) is 0 Å². The monoisotopic (exact) mass is 545 g/mol. The molecule has 216 valence electrons. The molecule has 0 radical (unpaired) electrons. The molecule has 0 aromatic carbocycles. The Morgan fingerprint density at radius 3 is 2.35 bits per heavy atom. The average Bonchev–Trinajstić information content (AvgIpc) is 3.15. The predicted octanol–water partition coefficient (Wildman–Crippen LogP) is 7.18. The highest BCUT2D eigenvalue weighted by molar-refractivity contribution is 6.01. The molecule has 1 heterocycles. The summed E-state index contributed by atoms with van der Waals surface area (Å²) < 4.78 is 0. The number of fused-ring (bicyclic) bond motifs is 2. The van der Waals surface area contributed by atoms with E-state index < -0.39 is 22.2 Å². The Morgan fingerprint density at radius 1 is 1.07 bits per heavy atom. The van der Waals surface area contributed by atoms with Crippen LogP contribution in [0.25, 0.3) is 11.1 Å². The zero-order valence-electron chi connectivity index (χ0n) is 25.5. The van der Waals surface area contributed by atoms with Crippen molar-refractivity contribution in [3.8, 4) is 0 Å². The molecule has 2 unspecified atom stereocenters. The van der Waals surface area contributed by atoms with Crippen molar-refractivity contribution in [3.05, 3.63) is 71.9 Å². The molecule has 40 heavy (non-hydrogen) atoms. The largest absolute Gasteiger partial charge is 0.389 e. The second-order valence-corrected chi connectivity index (χ2v) is 13.8. The lowest BCUT2D eigenvalue weighted by atomic mass is 9.60. The average molecular weight is 546 g/mol. The second-order valence-electron chi connectivity index (χ2n) is 13.8. The highest BCUT2D eigenvalue weighted by Crippen LogP contribution is 2.61. The number of nitrogens with one attached hydrogen (secondary N) is 1. The van der Waals surface area contributed by atoms with Gasteiger partial charge in [-0.1, -0.05) is 50.3 Å². The molecule has 2 atom stereocenters. The first kappa shape index (κ1) is 30.2. The number of aromatic nitrogens is 1. The van der Waals surface area contributed by atoms with Crippen molar-refractivity contribution in [2.24, 2.45) is 21.2 Å². The van der Waals surface area contributed by atoms with Crippen LogP contribution >= 0.6 is 0 Å². The standard InChI is InChI=1S/C34H47N3O3/c1-22(2)20-35-23(3)24(4)36-28-11-10-27(37-29(28)25-12-14-30(5,6)15-13-25)26-18-33(31(7,8)38)16-17-34(19-26,21-33)32(9,39)40/h10-12,16-18,20,36,38-40H,4,13-15,19,21H2,1-3,5-9H3. The van der Waals surface area contributed by atoms with E-state index in [0.29, 0.717) is 18.5 Å². The van der Waals surface area contributed by atoms with Gasteiger partial charge in [0, 0.05) is 17.0 Å². The molecule has 2 bridgehead atoms. The van der Waals surface area contributed by atoms with Gasteiger partial charge in [0.05, 0.1) is 34.1 Å². The van der Waals surface area contributed by atoms with Crippen LogP contribution < -0.4 is 5.32 Å². The SMILES string of the molecule is C=C(Nc1ccc(C2=CC3(C(C)(C)O)C=CC(C(C)(O)O)(C2)C3)nc1C1=CCC(C)(C)CC1)C(C)=NC=C(C)C. The van der Waals surface area contributed by atoms with Crippen molar-refractivity contribution in [3.63, 3.8) is 0 Å². The maximum Gasteiger partial charge on any atom is 0.169 e. The normalized spacial score (nSPS) is 26.2. The Hall–Kier alpha value is -2.80. The first-order chi connectivity index (χ1) is 18.4. The van der Waals surface area contributed by atoms with E-state index in [1.54, 1.807) is 13.8 Å². The molecule has 0 amide bonds. The molecule has 6 heteroatoms. The van der Waals surface area contributed by atoms with Crippen molar-refractivity contribution < 1.29 is 15.3 Å². The third kappa shape index (κ3) is 5.81. The van der Waals surface area contributed by atoms with Crippen molar-refractivity contribution in [1.82, 2.24) is 4.98 Å². The summed E-state index contributed by atoms with van der Waals surface area (Å²) in [5.74, 6) is -1.95. The highest BCUT2D eigenvalue weighted by Gasteiger charge is 2.59. The van der Waals surface area contributed by atoms with E-state index in [-0.39, 0.29) is 5.41 Å². The number of rotatable bonds is 8. The van der Waals surface area contributed by atoms with E-state index in [4.69, 9.17) is 4.98 Å². The maximum absolute atomic E-state index is 11.2. The number of aliphatic hydroxyl groups is 3. The number of pyridine rings is 1. The molecule has 0 saturated carbocycles. The van der Waals surface area contributed by atoms with E-state index >= 15 is 0 Å². The zero-order valence-corrected chi connectivity index (χ0v) is 25.5. The van der Waals surface area contributed by atoms with Gasteiger partial charge in [0.25, 0.3) is 0 Å². The molecule has 1 aromatic rings. The molecular weight excluding hydrogens is 498 g/mol. The summed E-state index contributed by atoms with van der Waals surface area (Å²) in [4.78, 5) is 9.74. The third-order valence-electron chi connectivity index (χ3n) is 9.07. The lowest BCUT2D eigenvalue weighted by Gasteiger charge is -2.48. The van der Waals surface area contributed by atoms with E-state index in [2.05, 4.69) is 42.9 Å². The van der Waals surface area contributed by atoms with Gasteiger partial charge in [0.15, 0.2) is 5.79 Å². The number of hydrogen-bond donors (Lipinski definition) is 4. The first-order valence-corrected chi connectivity index (χ1v) is 14.3. The Labute approximate surface area is 240 Å². The summed E-state index contributed by atoms with van der Waals surface area (Å²) in [6, 6.07) is 4.01. The van der Waals surface area contributed by atoms with Gasteiger partial charge in [0.2, 0.25) is 0 Å². The molecule has 0 aliphatic heterocycles. The highest BCUT2D eigenvalue weighted by atomic mass is 16.5. The number of anilines is 1. The van der Waals surface area contributed by atoms with Gasteiger partial charge in [-0.2, -0.15) is 0 Å². The summed E-state index contributed by atoms with van der Waals surface area (Å²) in [5, 5.41) is 36.4. The van der Waals surface area contributed by atoms with E-state index in [9.17, 15) is 15.3 Å². The van der Waals surface area contributed by atoms with Crippen molar-refractivity contribution in [2.75, 3.05) is 5.32 Å². The van der Waals surface area contributed by atoms with Crippen LogP contribution in [0.5, 0.6) is 0 Å². The third-order valence-corrected chi connectivity index (χ3v) is 9.07. The van der Waals surface area contributed by atoms with Crippen LogP contribution in [0.4, 0.5) is 5.69 Å². The molecule has 3 aliphatic rings. The van der Waals surface area contributed by atoms with Crippen LogP contribution in [0.15, 0.2) is 65.5 Å². The van der Waals surface area contributed by atoms with Crippen LogP contribution in [0.1, 0.15) is 98.9 Å². The van der Waals surface area contributed by atoms with Crippen molar-refractivity contribution in [2.45, 2.75) is 98.9 Å². The number of nitrogens with zero attached hydrogens (tertiary/aromatic N) is 2. The van der Waals surface area contributed by atoms with E-state index in [1.165, 1.54) is 12.5 Å². The predicted molar refractivity (Wildman–Crippen MR) is 166 cm³/mol. The maximum atomic E-state index is 11.2. The van der Waals surface area contributed by atoms with E-state index in [0.717, 1.165) is 53.2 Å². The Bertz CT molecular complexity index is 1340. The summed E-state index contributed by atoms with van der Waals surface area (Å²) in [7, 11) is 0. The lowest BCUT2D eigenvalue weighted by Crippen LogP contribution is -2.50. The molecule has 0 fully saturated rings. The molecule has 3 aliphatic carbocycles. The Morgan fingerprint density at radius 2 is 1.77 bits per heavy atom. The van der Waals surface area contributed by atoms with Gasteiger partial charge in [-0.25, -0.2) is 4.98 Å². The smallest absolute Gasteiger partial charge is 0.169 e. The molecule has 0 saturated heterocycles. The summed E-state index contributed by atoms with van der Waals surface area (Å²) in [6.45, 7) is 19.8. The first-order valence-electron chi connectivity index (χ1n) is 14.3. The summed E-state index contributed by atoms with van der Waals surface area (Å²) in [5.41, 5.74) is 4.73. The van der Waals surface area contributed by atoms with Crippen molar-refractivity contribution >= 4 is 22.5 Å². The van der Waals surface area contributed by atoms with Crippen LogP contribution in [0.2, 0.25) is 0 Å². The van der Waals surface area contributed by atoms with Gasteiger partial charge in [0.1, 0.15) is 0 Å². The van der Waals surface area contributed by atoms with Crippen LogP contribution in [-0.4, -0.2) is 37.4 Å². The van der Waals surface area contributed by atoms with Gasteiger partial charge in [-0.3, -0.25) is 4.99 Å². The van der Waals surface area contributed by atoms with Crippen LogP contribution in [-0.2, 0) is 0 Å². The molecule has 6 nitrogen and oxygen atoms in total. The van der Waals surface area contributed by atoms with Crippen LogP contribution in [0.3, 0.4) is 0 Å². The number of aliphatic imine (C=N–C) groups is 1. The Kier molecular flexibility index (Phi) is 7.72. The summed E-state index contributed by atoms with van der Waals surface area (Å²) >= 11 is 0. The van der Waals surface area contributed by atoms with Crippen LogP contribution in [0, 0.1) is 16.2 Å². The lowest BCUT2D eigenvalue weighted by molar-refractivity contribution is -0.220. The fourth-order valence-corrected chi connectivity index (χ4v) is 5.96. The molecule has 0 spiro atoms. The molecule has 1 aromatic heterocycles. The summed E-state index contributed by atoms with van der Waals surface area (Å²) in [6.07, 6.45) is 13.8. The molecular formula is C34H47N3O3. The fourth-order valence-electron chi connectivity index (χ4n) is 5.96. The molecule has 4 rings (SSSR count). The minimum Gasteiger partial charge on any atom is -0.389 e. The number of allylic oxidation sites excluding steroid dienone is 5. The van der Waals surface area contributed by atoms with Gasteiger partial charge < -0.3 is 20.6 Å². The minimum absolute atomic E-state index is 0.251. The zero-order chi connectivity index (χ0) is 29.7.